The van der Waals surface area contributed by atoms with Gasteiger partial charge in [-0.3, -0.25) is 15.1 Å². The fourth-order valence-electron chi connectivity index (χ4n) is 4.01. The molecule has 0 rings (SSSR count). The van der Waals surface area contributed by atoms with Gasteiger partial charge in [0, 0.05) is 66.1 Å². The maximum Gasteiger partial charge on any atom is 0.114 e. The van der Waals surface area contributed by atoms with Crippen LogP contribution in [0.1, 0.15) is 34.1 Å². The van der Waals surface area contributed by atoms with Crippen LogP contribution in [0, 0.1) is 11.3 Å². The Morgan fingerprint density at radius 1 is 0.615 bits per heavy atom. The first kappa shape index (κ1) is 38.5. The van der Waals surface area contributed by atoms with E-state index in [-0.39, 0.29) is 29.6 Å². The predicted octanol–water partition coefficient (Wildman–Crippen LogP) is 2.03. The number of hydrogen-bond donors (Lipinski definition) is 1. The van der Waals surface area contributed by atoms with E-state index in [0.717, 1.165) is 6.42 Å². The Kier molecular flexibility index (Phi) is 23.9. The molecule has 0 aliphatic carbocycles. The van der Waals surface area contributed by atoms with Crippen LogP contribution in [0.2, 0.25) is 0 Å². The van der Waals surface area contributed by atoms with E-state index in [1.54, 1.807) is 42.7 Å². The summed E-state index contributed by atoms with van der Waals surface area (Å²) in [5.74, 6) is 0.120. The number of nitrogens with one attached hydrogen (secondary N) is 1. The van der Waals surface area contributed by atoms with Gasteiger partial charge in [0.05, 0.1) is 46.4 Å². The molecule has 0 heterocycles. The molecule has 1 N–H and O–H groups in total. The van der Waals surface area contributed by atoms with Crippen molar-refractivity contribution in [2.75, 3.05) is 116 Å². The lowest BCUT2D eigenvalue weighted by Gasteiger charge is -2.35. The van der Waals surface area contributed by atoms with E-state index in [4.69, 9.17) is 42.6 Å². The van der Waals surface area contributed by atoms with Crippen LogP contribution in [0.15, 0.2) is 0 Å². The molecule has 0 aromatic rings. The summed E-state index contributed by atoms with van der Waals surface area (Å²) in [6.45, 7) is 13.8. The number of rotatable bonds is 28. The van der Waals surface area contributed by atoms with Crippen LogP contribution in [0.3, 0.4) is 0 Å². The summed E-state index contributed by atoms with van der Waals surface area (Å²) < 4.78 is 50.7. The summed E-state index contributed by atoms with van der Waals surface area (Å²) in [7, 11) is 10.0. The Morgan fingerprint density at radius 2 is 1.03 bits per heavy atom. The molecule has 0 saturated heterocycles. The van der Waals surface area contributed by atoms with Crippen molar-refractivity contribution in [3.8, 4) is 0 Å². The molecule has 0 fully saturated rings. The van der Waals surface area contributed by atoms with Crippen molar-refractivity contribution in [3.63, 3.8) is 0 Å². The number of hydrogen-bond acceptors (Lipinski definition) is 12. The van der Waals surface area contributed by atoms with Crippen LogP contribution >= 0.6 is 0 Å². The number of ether oxygens (including phenoxy) is 9. The molecule has 0 aromatic carbocycles. The highest BCUT2D eigenvalue weighted by Gasteiger charge is 2.32. The van der Waals surface area contributed by atoms with Gasteiger partial charge in [-0.15, -0.1) is 0 Å². The van der Waals surface area contributed by atoms with Crippen molar-refractivity contribution in [2.45, 2.75) is 52.4 Å². The first-order valence-corrected chi connectivity index (χ1v) is 13.7. The molecule has 4 unspecified atom stereocenters. The monoisotopic (exact) mass is 569 g/mol. The van der Waals surface area contributed by atoms with Gasteiger partial charge in [-0.25, -0.2) is 0 Å². The van der Waals surface area contributed by atoms with E-state index in [1.165, 1.54) is 0 Å². The van der Waals surface area contributed by atoms with Crippen LogP contribution in [0.5, 0.6) is 0 Å². The van der Waals surface area contributed by atoms with Gasteiger partial charge in [-0.2, -0.15) is 0 Å². The highest BCUT2D eigenvalue weighted by Crippen LogP contribution is 2.25. The smallest absolute Gasteiger partial charge is 0.114 e. The SMILES string of the molecule is CCC(COCC(C)C(NCOC)OC)(COCC(C)N(COC)COC)COCC(C)N(COC)COC. The lowest BCUT2D eigenvalue weighted by molar-refractivity contribution is -0.110. The minimum Gasteiger partial charge on any atom is -0.380 e. The second-order valence-electron chi connectivity index (χ2n) is 10.2. The highest BCUT2D eigenvalue weighted by molar-refractivity contribution is 4.79. The molecule has 0 radical (unpaired) electrons. The zero-order valence-electron chi connectivity index (χ0n) is 26.4. The third-order valence-corrected chi connectivity index (χ3v) is 6.70. The van der Waals surface area contributed by atoms with Gasteiger partial charge in [0.25, 0.3) is 0 Å². The highest BCUT2D eigenvalue weighted by atomic mass is 16.5. The Labute approximate surface area is 237 Å². The minimum absolute atomic E-state index is 0.118. The molecule has 0 amide bonds. The van der Waals surface area contributed by atoms with Crippen LogP contribution in [-0.2, 0) is 42.6 Å². The minimum atomic E-state index is -0.317. The Balaban J connectivity index is 5.26. The second kappa shape index (κ2) is 24.2. The van der Waals surface area contributed by atoms with Crippen LogP contribution in [0.25, 0.3) is 0 Å². The lowest BCUT2D eigenvalue weighted by Crippen LogP contribution is -2.44. The molecule has 39 heavy (non-hydrogen) atoms. The lowest BCUT2D eigenvalue weighted by atomic mass is 9.88. The van der Waals surface area contributed by atoms with E-state index in [2.05, 4.69) is 42.8 Å². The van der Waals surface area contributed by atoms with Crippen molar-refractivity contribution in [3.05, 3.63) is 0 Å². The normalized spacial score (nSPS) is 16.9. The van der Waals surface area contributed by atoms with E-state index >= 15 is 0 Å². The molecule has 0 aromatic heterocycles. The quantitative estimate of drug-likeness (QED) is 0.140. The van der Waals surface area contributed by atoms with Crippen molar-refractivity contribution >= 4 is 0 Å². The topological polar surface area (TPSA) is 102 Å². The molecule has 0 spiro atoms. The maximum atomic E-state index is 6.27. The first-order chi connectivity index (χ1) is 18.8. The Hall–Kier alpha value is -0.480. The van der Waals surface area contributed by atoms with Gasteiger partial charge in [-0.05, 0) is 20.3 Å². The Bertz CT molecular complexity index is 511. The molecular weight excluding hydrogens is 510 g/mol. The van der Waals surface area contributed by atoms with Crippen molar-refractivity contribution in [1.29, 1.82) is 0 Å². The molecule has 12 heteroatoms. The third-order valence-electron chi connectivity index (χ3n) is 6.70. The van der Waals surface area contributed by atoms with Crippen molar-refractivity contribution in [2.24, 2.45) is 11.3 Å². The van der Waals surface area contributed by atoms with Crippen LogP contribution in [0.4, 0.5) is 0 Å². The molecule has 0 saturated carbocycles. The first-order valence-electron chi connectivity index (χ1n) is 13.7. The van der Waals surface area contributed by atoms with Crippen molar-refractivity contribution in [1.82, 2.24) is 15.1 Å². The second-order valence-corrected chi connectivity index (χ2v) is 10.2. The Morgan fingerprint density at radius 3 is 1.36 bits per heavy atom. The largest absolute Gasteiger partial charge is 0.380 e. The summed E-state index contributed by atoms with van der Waals surface area (Å²) >= 11 is 0. The molecule has 0 bridgehead atoms. The third kappa shape index (κ3) is 16.5. The van der Waals surface area contributed by atoms with Gasteiger partial charge in [0.2, 0.25) is 0 Å². The molecule has 4 atom stereocenters. The van der Waals surface area contributed by atoms with Gasteiger partial charge < -0.3 is 42.6 Å². The number of nitrogens with zero attached hydrogens (tertiary/aromatic N) is 2. The standard InChI is InChI=1S/C27H59N3O9/c1-11-27(15-37-12-23(2)26(36-10)28-18-31-5,16-38-13-24(3)29(19-32-6)20-33-7)17-39-14-25(4)30(21-34-8)22-35-9/h23-26,28H,11-22H2,1-10H3. The fraction of sp³-hybridized carbons (Fsp3) is 1.00. The van der Waals surface area contributed by atoms with Crippen LogP contribution in [-0.4, -0.2) is 144 Å². The van der Waals surface area contributed by atoms with E-state index < -0.39 is 0 Å². The average molecular weight is 570 g/mol. The predicted molar refractivity (Wildman–Crippen MR) is 150 cm³/mol. The maximum absolute atomic E-state index is 6.27. The summed E-state index contributed by atoms with van der Waals surface area (Å²) in [6, 6.07) is 0.236. The van der Waals surface area contributed by atoms with Gasteiger partial charge >= 0.3 is 0 Å². The van der Waals surface area contributed by atoms with E-state index in [1.807, 2.05) is 0 Å². The van der Waals surface area contributed by atoms with E-state index in [9.17, 15) is 0 Å². The fourth-order valence-corrected chi connectivity index (χ4v) is 4.01. The molecule has 0 aliphatic rings. The zero-order chi connectivity index (χ0) is 29.5. The zero-order valence-corrected chi connectivity index (χ0v) is 26.4. The van der Waals surface area contributed by atoms with E-state index in [0.29, 0.717) is 73.3 Å². The molecule has 236 valence electrons. The van der Waals surface area contributed by atoms with Gasteiger partial charge in [0.15, 0.2) is 0 Å². The average Bonchev–Trinajstić information content (AvgIpc) is 2.92. The summed E-state index contributed by atoms with van der Waals surface area (Å²) in [6.07, 6.45) is 0.662. The number of methoxy groups -OCH3 is 6. The summed E-state index contributed by atoms with van der Waals surface area (Å²) in [5.41, 5.74) is -0.317. The van der Waals surface area contributed by atoms with Crippen molar-refractivity contribution < 1.29 is 42.6 Å². The van der Waals surface area contributed by atoms with Gasteiger partial charge in [-0.1, -0.05) is 13.8 Å². The molecule has 12 nitrogen and oxygen atoms in total. The van der Waals surface area contributed by atoms with Gasteiger partial charge in [0.1, 0.15) is 33.2 Å². The summed E-state index contributed by atoms with van der Waals surface area (Å²) in [5, 5.41) is 3.21. The molecular formula is C27H59N3O9. The summed E-state index contributed by atoms with van der Waals surface area (Å²) in [4.78, 5) is 4.14. The molecule has 0 aliphatic heterocycles. The van der Waals surface area contributed by atoms with Crippen LogP contribution < -0.4 is 5.32 Å².